The van der Waals surface area contributed by atoms with Gasteiger partial charge in [0.25, 0.3) is 0 Å². The SMILES string of the molecule is CCC(C)(C)c1ccc2c(n1)CCCCCC2. The Labute approximate surface area is 106 Å². The molecule has 0 bridgehead atoms. The first-order valence-corrected chi connectivity index (χ1v) is 7.13. The molecule has 1 aliphatic rings. The van der Waals surface area contributed by atoms with E-state index in [1.54, 1.807) is 0 Å². The average Bonchev–Trinajstić information content (AvgIpc) is 2.29. The molecular weight excluding hydrogens is 206 g/mol. The molecule has 0 unspecified atom stereocenters. The molecule has 0 atom stereocenters. The predicted molar refractivity (Wildman–Crippen MR) is 73.4 cm³/mol. The molecule has 0 saturated heterocycles. The molecular formula is C16H25N. The molecule has 0 radical (unpaired) electrons. The summed E-state index contributed by atoms with van der Waals surface area (Å²) in [7, 11) is 0. The van der Waals surface area contributed by atoms with Gasteiger partial charge in [0.05, 0.1) is 0 Å². The van der Waals surface area contributed by atoms with Crippen molar-refractivity contribution in [2.24, 2.45) is 0 Å². The minimum Gasteiger partial charge on any atom is -0.257 e. The van der Waals surface area contributed by atoms with Gasteiger partial charge < -0.3 is 0 Å². The third-order valence-corrected chi connectivity index (χ3v) is 4.26. The molecule has 1 aromatic heterocycles. The second-order valence-electron chi connectivity index (χ2n) is 5.95. The van der Waals surface area contributed by atoms with E-state index in [0.717, 1.165) is 6.42 Å². The number of fused-ring (bicyclic) bond motifs is 1. The molecule has 1 heterocycles. The van der Waals surface area contributed by atoms with Crippen molar-refractivity contribution >= 4 is 0 Å². The smallest absolute Gasteiger partial charge is 0.0463 e. The molecule has 2 rings (SSSR count). The number of aromatic nitrogens is 1. The molecule has 0 spiro atoms. The first kappa shape index (κ1) is 12.6. The molecule has 0 fully saturated rings. The molecule has 0 aliphatic heterocycles. The third kappa shape index (κ3) is 2.88. The van der Waals surface area contributed by atoms with E-state index in [2.05, 4.69) is 32.9 Å². The highest BCUT2D eigenvalue weighted by molar-refractivity contribution is 5.27. The number of hydrogen-bond donors (Lipinski definition) is 0. The summed E-state index contributed by atoms with van der Waals surface area (Å²) in [6.45, 7) is 6.84. The average molecular weight is 231 g/mol. The normalized spacial score (nSPS) is 17.1. The number of hydrogen-bond acceptors (Lipinski definition) is 1. The summed E-state index contributed by atoms with van der Waals surface area (Å²) in [5.74, 6) is 0. The van der Waals surface area contributed by atoms with Gasteiger partial charge in [-0.3, -0.25) is 4.98 Å². The molecule has 0 saturated carbocycles. The number of aryl methyl sites for hydroxylation is 2. The van der Waals surface area contributed by atoms with Gasteiger partial charge in [0, 0.05) is 16.8 Å². The molecule has 1 heteroatoms. The van der Waals surface area contributed by atoms with Crippen LogP contribution in [0.2, 0.25) is 0 Å². The van der Waals surface area contributed by atoms with Crippen molar-refractivity contribution in [2.45, 2.75) is 71.1 Å². The molecule has 1 aliphatic carbocycles. The Morgan fingerprint density at radius 3 is 2.47 bits per heavy atom. The minimum absolute atomic E-state index is 0.220. The van der Waals surface area contributed by atoms with Gasteiger partial charge in [-0.1, -0.05) is 39.7 Å². The molecule has 1 aromatic rings. The highest BCUT2D eigenvalue weighted by atomic mass is 14.7. The van der Waals surface area contributed by atoms with Gasteiger partial charge in [0.1, 0.15) is 0 Å². The maximum atomic E-state index is 4.96. The summed E-state index contributed by atoms with van der Waals surface area (Å²) in [6.07, 6.45) is 8.99. The van der Waals surface area contributed by atoms with Gasteiger partial charge >= 0.3 is 0 Å². The minimum atomic E-state index is 0.220. The van der Waals surface area contributed by atoms with Crippen LogP contribution in [0.15, 0.2) is 12.1 Å². The zero-order valence-corrected chi connectivity index (χ0v) is 11.6. The van der Waals surface area contributed by atoms with Crippen molar-refractivity contribution in [1.29, 1.82) is 0 Å². The maximum absolute atomic E-state index is 4.96. The van der Waals surface area contributed by atoms with Gasteiger partial charge in [0.2, 0.25) is 0 Å². The fraction of sp³-hybridized carbons (Fsp3) is 0.688. The van der Waals surface area contributed by atoms with Crippen LogP contribution in [0.4, 0.5) is 0 Å². The van der Waals surface area contributed by atoms with Crippen LogP contribution >= 0.6 is 0 Å². The fourth-order valence-corrected chi connectivity index (χ4v) is 2.49. The van der Waals surface area contributed by atoms with Gasteiger partial charge in [0.15, 0.2) is 0 Å². The zero-order chi connectivity index (χ0) is 12.3. The van der Waals surface area contributed by atoms with Crippen LogP contribution in [-0.2, 0) is 18.3 Å². The summed E-state index contributed by atoms with van der Waals surface area (Å²) in [6, 6.07) is 4.59. The second kappa shape index (κ2) is 5.20. The lowest BCUT2D eigenvalue weighted by molar-refractivity contribution is 0.485. The summed E-state index contributed by atoms with van der Waals surface area (Å²) in [4.78, 5) is 4.96. The van der Waals surface area contributed by atoms with Crippen LogP contribution in [0.25, 0.3) is 0 Å². The summed E-state index contributed by atoms with van der Waals surface area (Å²) >= 11 is 0. The van der Waals surface area contributed by atoms with E-state index in [9.17, 15) is 0 Å². The summed E-state index contributed by atoms with van der Waals surface area (Å²) in [5.41, 5.74) is 4.38. The zero-order valence-electron chi connectivity index (χ0n) is 11.6. The Bertz CT molecular complexity index is 379. The van der Waals surface area contributed by atoms with Crippen LogP contribution < -0.4 is 0 Å². The molecule has 17 heavy (non-hydrogen) atoms. The van der Waals surface area contributed by atoms with Gasteiger partial charge in [-0.05, 0) is 43.7 Å². The Hall–Kier alpha value is -0.850. The van der Waals surface area contributed by atoms with Crippen LogP contribution in [0.3, 0.4) is 0 Å². The van der Waals surface area contributed by atoms with Gasteiger partial charge in [-0.15, -0.1) is 0 Å². The monoisotopic (exact) mass is 231 g/mol. The number of nitrogens with zero attached hydrogens (tertiary/aromatic N) is 1. The van der Waals surface area contributed by atoms with Crippen LogP contribution in [0.1, 0.15) is 69.8 Å². The fourth-order valence-electron chi connectivity index (χ4n) is 2.49. The van der Waals surface area contributed by atoms with Gasteiger partial charge in [-0.2, -0.15) is 0 Å². The first-order chi connectivity index (χ1) is 8.13. The second-order valence-corrected chi connectivity index (χ2v) is 5.95. The molecule has 0 amide bonds. The Kier molecular flexibility index (Phi) is 3.86. The highest BCUT2D eigenvalue weighted by Crippen LogP contribution is 2.27. The van der Waals surface area contributed by atoms with E-state index in [1.165, 1.54) is 55.5 Å². The van der Waals surface area contributed by atoms with Crippen molar-refractivity contribution in [2.75, 3.05) is 0 Å². The molecule has 0 aromatic carbocycles. The van der Waals surface area contributed by atoms with Crippen molar-refractivity contribution in [3.63, 3.8) is 0 Å². The molecule has 94 valence electrons. The molecule has 0 N–H and O–H groups in total. The van der Waals surface area contributed by atoms with Crippen molar-refractivity contribution in [3.05, 3.63) is 29.1 Å². The van der Waals surface area contributed by atoms with E-state index >= 15 is 0 Å². The Morgan fingerprint density at radius 1 is 1.06 bits per heavy atom. The van der Waals surface area contributed by atoms with E-state index in [0.29, 0.717) is 0 Å². The topological polar surface area (TPSA) is 12.9 Å². The maximum Gasteiger partial charge on any atom is 0.0463 e. The lowest BCUT2D eigenvalue weighted by Gasteiger charge is -2.24. The lowest BCUT2D eigenvalue weighted by atomic mass is 9.85. The standard InChI is InChI=1S/C16H25N/c1-4-16(2,3)15-12-11-13-9-7-5-6-8-10-14(13)17-15/h11-12H,4-10H2,1-3H3. The lowest BCUT2D eigenvalue weighted by Crippen LogP contribution is -2.19. The van der Waals surface area contributed by atoms with E-state index in [1.807, 2.05) is 0 Å². The van der Waals surface area contributed by atoms with E-state index < -0.39 is 0 Å². The van der Waals surface area contributed by atoms with Crippen LogP contribution in [0.5, 0.6) is 0 Å². The summed E-state index contributed by atoms with van der Waals surface area (Å²) in [5, 5.41) is 0. The van der Waals surface area contributed by atoms with Crippen LogP contribution in [-0.4, -0.2) is 4.98 Å². The van der Waals surface area contributed by atoms with Gasteiger partial charge in [-0.25, -0.2) is 0 Å². The van der Waals surface area contributed by atoms with E-state index in [-0.39, 0.29) is 5.41 Å². The van der Waals surface area contributed by atoms with Crippen LogP contribution in [0, 0.1) is 0 Å². The largest absolute Gasteiger partial charge is 0.257 e. The predicted octanol–water partition coefficient (Wildman–Crippen LogP) is 4.43. The summed E-state index contributed by atoms with van der Waals surface area (Å²) < 4.78 is 0. The van der Waals surface area contributed by atoms with Crippen molar-refractivity contribution < 1.29 is 0 Å². The number of rotatable bonds is 2. The number of pyridine rings is 1. The Morgan fingerprint density at radius 2 is 1.76 bits per heavy atom. The Balaban J connectivity index is 2.31. The molecule has 1 nitrogen and oxygen atoms in total. The van der Waals surface area contributed by atoms with Crippen molar-refractivity contribution in [1.82, 2.24) is 4.98 Å². The first-order valence-electron chi connectivity index (χ1n) is 7.13. The van der Waals surface area contributed by atoms with Crippen molar-refractivity contribution in [3.8, 4) is 0 Å². The quantitative estimate of drug-likeness (QED) is 0.734. The van der Waals surface area contributed by atoms with E-state index in [4.69, 9.17) is 4.98 Å². The highest BCUT2D eigenvalue weighted by Gasteiger charge is 2.21. The third-order valence-electron chi connectivity index (χ3n) is 4.26.